The summed E-state index contributed by atoms with van der Waals surface area (Å²) in [7, 11) is 0. The molecule has 0 atom stereocenters. The highest BCUT2D eigenvalue weighted by molar-refractivity contribution is 5.96. The fourth-order valence-corrected chi connectivity index (χ4v) is 2.84. The zero-order valence-corrected chi connectivity index (χ0v) is 14.1. The fourth-order valence-electron chi connectivity index (χ4n) is 2.84. The van der Waals surface area contributed by atoms with Crippen molar-refractivity contribution < 1.29 is 18.4 Å². The van der Waals surface area contributed by atoms with E-state index in [0.29, 0.717) is 31.7 Å². The maximum absolute atomic E-state index is 13.0. The number of carbonyl (C=O) groups excluding carboxylic acids is 2. The van der Waals surface area contributed by atoms with Crippen LogP contribution >= 0.6 is 0 Å². The van der Waals surface area contributed by atoms with Crippen LogP contribution in [-0.4, -0.2) is 49.4 Å². The topological polar surface area (TPSA) is 52.7 Å². The SMILES string of the molecule is O=C(NCC(=O)N1CCN(c2ccc(F)cc2)CC1)c1ccc(F)cc1. The van der Waals surface area contributed by atoms with Gasteiger partial charge in [-0.25, -0.2) is 8.78 Å². The minimum atomic E-state index is -0.420. The molecular formula is C19H19F2N3O2. The number of piperazine rings is 1. The Hall–Kier alpha value is -2.96. The summed E-state index contributed by atoms with van der Waals surface area (Å²) in [5, 5.41) is 2.56. The molecule has 0 unspecified atom stereocenters. The molecular weight excluding hydrogens is 340 g/mol. The second-order valence-corrected chi connectivity index (χ2v) is 6.03. The molecule has 1 saturated heterocycles. The van der Waals surface area contributed by atoms with Gasteiger partial charge in [-0.2, -0.15) is 0 Å². The van der Waals surface area contributed by atoms with E-state index in [1.165, 1.54) is 36.4 Å². The highest BCUT2D eigenvalue weighted by Gasteiger charge is 2.21. The van der Waals surface area contributed by atoms with E-state index in [-0.39, 0.29) is 18.3 Å². The molecule has 3 rings (SSSR count). The summed E-state index contributed by atoms with van der Waals surface area (Å²) in [5.41, 5.74) is 1.23. The molecule has 26 heavy (non-hydrogen) atoms. The Morgan fingerprint density at radius 2 is 1.38 bits per heavy atom. The average Bonchev–Trinajstić information content (AvgIpc) is 2.67. The summed E-state index contributed by atoms with van der Waals surface area (Å²) in [6.45, 7) is 2.24. The number of carbonyl (C=O) groups is 2. The van der Waals surface area contributed by atoms with Crippen molar-refractivity contribution in [1.29, 1.82) is 0 Å². The Kier molecular flexibility index (Phi) is 5.46. The Morgan fingerprint density at radius 3 is 1.96 bits per heavy atom. The van der Waals surface area contributed by atoms with Crippen molar-refractivity contribution in [3.63, 3.8) is 0 Å². The lowest BCUT2D eigenvalue weighted by molar-refractivity contribution is -0.130. The first-order valence-corrected chi connectivity index (χ1v) is 8.35. The molecule has 0 aromatic heterocycles. The van der Waals surface area contributed by atoms with E-state index in [0.717, 1.165) is 5.69 Å². The number of hydrogen-bond donors (Lipinski definition) is 1. The van der Waals surface area contributed by atoms with Crippen LogP contribution in [0, 0.1) is 11.6 Å². The molecule has 1 heterocycles. The second-order valence-electron chi connectivity index (χ2n) is 6.03. The molecule has 5 nitrogen and oxygen atoms in total. The predicted molar refractivity (Wildman–Crippen MR) is 93.9 cm³/mol. The first kappa shape index (κ1) is 17.8. The number of hydrogen-bond acceptors (Lipinski definition) is 3. The van der Waals surface area contributed by atoms with Gasteiger partial charge in [-0.3, -0.25) is 9.59 Å². The number of halogens is 2. The van der Waals surface area contributed by atoms with Gasteiger partial charge in [0, 0.05) is 37.4 Å². The minimum absolute atomic E-state index is 0.104. The van der Waals surface area contributed by atoms with Crippen LogP contribution in [-0.2, 0) is 4.79 Å². The molecule has 0 spiro atoms. The van der Waals surface area contributed by atoms with Gasteiger partial charge in [-0.05, 0) is 48.5 Å². The van der Waals surface area contributed by atoms with Crippen LogP contribution in [0.15, 0.2) is 48.5 Å². The Bertz CT molecular complexity index is 770. The average molecular weight is 359 g/mol. The number of nitrogens with one attached hydrogen (secondary N) is 1. The standard InChI is InChI=1S/C19H19F2N3O2/c20-15-3-1-14(2-4-15)19(26)22-13-18(25)24-11-9-23(10-12-24)17-7-5-16(21)6-8-17/h1-8H,9-13H2,(H,22,26). The van der Waals surface area contributed by atoms with Crippen molar-refractivity contribution >= 4 is 17.5 Å². The predicted octanol–water partition coefficient (Wildman–Crippen LogP) is 2.04. The summed E-state index contributed by atoms with van der Waals surface area (Å²) in [4.78, 5) is 28.0. The summed E-state index contributed by atoms with van der Waals surface area (Å²) in [6, 6.07) is 11.4. The number of rotatable bonds is 4. The fraction of sp³-hybridized carbons (Fsp3) is 0.263. The highest BCUT2D eigenvalue weighted by Crippen LogP contribution is 2.16. The normalized spacial score (nSPS) is 14.2. The zero-order chi connectivity index (χ0) is 18.5. The molecule has 0 bridgehead atoms. The lowest BCUT2D eigenvalue weighted by Crippen LogP contribution is -2.51. The quantitative estimate of drug-likeness (QED) is 0.909. The summed E-state index contributed by atoms with van der Waals surface area (Å²) in [5.74, 6) is -1.28. The third kappa shape index (κ3) is 4.36. The van der Waals surface area contributed by atoms with E-state index in [4.69, 9.17) is 0 Å². The molecule has 1 aliphatic rings. The molecule has 0 aliphatic carbocycles. The molecule has 2 amide bonds. The first-order chi connectivity index (χ1) is 12.5. The Labute approximate surface area is 150 Å². The lowest BCUT2D eigenvalue weighted by atomic mass is 10.2. The van der Waals surface area contributed by atoms with E-state index < -0.39 is 11.7 Å². The molecule has 0 radical (unpaired) electrons. The molecule has 1 aliphatic heterocycles. The monoisotopic (exact) mass is 359 g/mol. The molecule has 2 aromatic carbocycles. The molecule has 2 aromatic rings. The zero-order valence-electron chi connectivity index (χ0n) is 14.1. The van der Waals surface area contributed by atoms with Crippen LogP contribution in [0.25, 0.3) is 0 Å². The van der Waals surface area contributed by atoms with E-state index >= 15 is 0 Å². The highest BCUT2D eigenvalue weighted by atomic mass is 19.1. The van der Waals surface area contributed by atoms with E-state index in [9.17, 15) is 18.4 Å². The smallest absolute Gasteiger partial charge is 0.251 e. The van der Waals surface area contributed by atoms with E-state index in [2.05, 4.69) is 10.2 Å². The van der Waals surface area contributed by atoms with Crippen LogP contribution in [0.2, 0.25) is 0 Å². The number of nitrogens with zero attached hydrogens (tertiary/aromatic N) is 2. The summed E-state index contributed by atoms with van der Waals surface area (Å²) < 4.78 is 25.9. The van der Waals surface area contributed by atoms with Crippen molar-refractivity contribution in [3.05, 3.63) is 65.7 Å². The van der Waals surface area contributed by atoms with Crippen molar-refractivity contribution in [1.82, 2.24) is 10.2 Å². The maximum Gasteiger partial charge on any atom is 0.251 e. The van der Waals surface area contributed by atoms with Gasteiger partial charge in [0.15, 0.2) is 0 Å². The lowest BCUT2D eigenvalue weighted by Gasteiger charge is -2.36. The van der Waals surface area contributed by atoms with Gasteiger partial charge in [0.25, 0.3) is 5.91 Å². The first-order valence-electron chi connectivity index (χ1n) is 8.35. The Balaban J connectivity index is 1.47. The third-order valence-electron chi connectivity index (χ3n) is 4.33. The van der Waals surface area contributed by atoms with Crippen LogP contribution < -0.4 is 10.2 Å². The molecule has 0 saturated carbocycles. The second kappa shape index (κ2) is 7.95. The van der Waals surface area contributed by atoms with Gasteiger partial charge in [0.1, 0.15) is 11.6 Å². The van der Waals surface area contributed by atoms with Gasteiger partial charge < -0.3 is 15.1 Å². The van der Waals surface area contributed by atoms with Gasteiger partial charge in [0.2, 0.25) is 5.91 Å². The van der Waals surface area contributed by atoms with Crippen molar-refractivity contribution in [2.24, 2.45) is 0 Å². The molecule has 136 valence electrons. The largest absolute Gasteiger partial charge is 0.368 e. The molecule has 1 fully saturated rings. The number of amides is 2. The maximum atomic E-state index is 13.0. The van der Waals surface area contributed by atoms with Crippen LogP contribution in [0.1, 0.15) is 10.4 Å². The van der Waals surface area contributed by atoms with Crippen molar-refractivity contribution in [2.75, 3.05) is 37.6 Å². The Morgan fingerprint density at radius 1 is 0.846 bits per heavy atom. The van der Waals surface area contributed by atoms with Crippen LogP contribution in [0.4, 0.5) is 14.5 Å². The minimum Gasteiger partial charge on any atom is -0.368 e. The van der Waals surface area contributed by atoms with Crippen molar-refractivity contribution in [3.8, 4) is 0 Å². The van der Waals surface area contributed by atoms with Gasteiger partial charge in [0.05, 0.1) is 6.54 Å². The van der Waals surface area contributed by atoms with E-state index in [1.54, 1.807) is 17.0 Å². The van der Waals surface area contributed by atoms with Crippen molar-refractivity contribution in [2.45, 2.75) is 0 Å². The van der Waals surface area contributed by atoms with Crippen LogP contribution in [0.5, 0.6) is 0 Å². The number of anilines is 1. The van der Waals surface area contributed by atoms with Gasteiger partial charge >= 0.3 is 0 Å². The molecule has 1 N–H and O–H groups in total. The number of benzene rings is 2. The third-order valence-corrected chi connectivity index (χ3v) is 4.33. The molecule has 7 heteroatoms. The van der Waals surface area contributed by atoms with E-state index in [1.807, 2.05) is 0 Å². The summed E-state index contributed by atoms with van der Waals surface area (Å²) >= 11 is 0. The van der Waals surface area contributed by atoms with Gasteiger partial charge in [-0.1, -0.05) is 0 Å². The van der Waals surface area contributed by atoms with Crippen LogP contribution in [0.3, 0.4) is 0 Å². The summed E-state index contributed by atoms with van der Waals surface area (Å²) in [6.07, 6.45) is 0. The van der Waals surface area contributed by atoms with Gasteiger partial charge in [-0.15, -0.1) is 0 Å².